The smallest absolute Gasteiger partial charge is 0.165 e. The van der Waals surface area contributed by atoms with Crippen molar-refractivity contribution in [2.75, 3.05) is 7.11 Å². The summed E-state index contributed by atoms with van der Waals surface area (Å²) in [7, 11) is 1.65. The van der Waals surface area contributed by atoms with E-state index >= 15 is 0 Å². The second-order valence-corrected chi connectivity index (χ2v) is 4.57. The molecule has 86 valence electrons. The Morgan fingerprint density at radius 3 is 2.59 bits per heavy atom. The van der Waals surface area contributed by atoms with Crippen molar-refractivity contribution in [1.29, 1.82) is 0 Å². The van der Waals surface area contributed by atoms with E-state index in [0.717, 1.165) is 34.9 Å². The van der Waals surface area contributed by atoms with Crippen molar-refractivity contribution in [3.8, 4) is 5.75 Å². The lowest BCUT2D eigenvalue weighted by Crippen LogP contribution is -2.00. The molecule has 0 saturated heterocycles. The Kier molecular flexibility index (Phi) is 2.36. The van der Waals surface area contributed by atoms with E-state index in [9.17, 15) is 4.79 Å². The fourth-order valence-corrected chi connectivity index (χ4v) is 2.09. The van der Waals surface area contributed by atoms with Gasteiger partial charge in [0.15, 0.2) is 5.78 Å². The summed E-state index contributed by atoms with van der Waals surface area (Å²) in [6.07, 6.45) is 2.10. The van der Waals surface area contributed by atoms with Gasteiger partial charge in [-0.25, -0.2) is 0 Å². The SMILES string of the molecule is COc1ccc2ccc(C(=O)C3CC3)cc2c1. The standard InChI is InChI=1S/C15H14O2/c1-17-14-7-6-10-2-5-12(8-13(10)9-14)15(16)11-3-4-11/h2,5-9,11H,3-4H2,1H3. The molecule has 0 radical (unpaired) electrons. The Balaban J connectivity index is 2.06. The number of ether oxygens (including phenoxy) is 1. The van der Waals surface area contributed by atoms with Gasteiger partial charge in [0.2, 0.25) is 0 Å². The predicted octanol–water partition coefficient (Wildman–Crippen LogP) is 3.44. The Labute approximate surface area is 100 Å². The highest BCUT2D eigenvalue weighted by molar-refractivity contribution is 6.02. The highest BCUT2D eigenvalue weighted by atomic mass is 16.5. The molecule has 0 unspecified atom stereocenters. The summed E-state index contributed by atoms with van der Waals surface area (Å²) < 4.78 is 5.20. The maximum Gasteiger partial charge on any atom is 0.165 e. The van der Waals surface area contributed by atoms with Crippen LogP contribution >= 0.6 is 0 Å². The monoisotopic (exact) mass is 226 g/mol. The molecular weight excluding hydrogens is 212 g/mol. The summed E-state index contributed by atoms with van der Waals surface area (Å²) >= 11 is 0. The van der Waals surface area contributed by atoms with Crippen LogP contribution in [0.5, 0.6) is 5.75 Å². The van der Waals surface area contributed by atoms with Crippen LogP contribution in [0.4, 0.5) is 0 Å². The van der Waals surface area contributed by atoms with Crippen molar-refractivity contribution in [2.24, 2.45) is 5.92 Å². The largest absolute Gasteiger partial charge is 0.497 e. The molecule has 1 saturated carbocycles. The second kappa shape index (κ2) is 3.88. The Hall–Kier alpha value is -1.83. The van der Waals surface area contributed by atoms with E-state index in [1.54, 1.807) is 7.11 Å². The minimum atomic E-state index is 0.276. The molecule has 0 aromatic heterocycles. The van der Waals surface area contributed by atoms with E-state index in [0.29, 0.717) is 0 Å². The van der Waals surface area contributed by atoms with Crippen molar-refractivity contribution in [3.05, 3.63) is 42.0 Å². The molecule has 0 atom stereocenters. The molecule has 0 bridgehead atoms. The van der Waals surface area contributed by atoms with Gasteiger partial charge < -0.3 is 4.74 Å². The summed E-state index contributed by atoms with van der Waals surface area (Å²) in [4.78, 5) is 12.0. The Bertz CT molecular complexity index is 582. The van der Waals surface area contributed by atoms with Crippen LogP contribution in [0, 0.1) is 5.92 Å². The van der Waals surface area contributed by atoms with Crippen LogP contribution in [0.1, 0.15) is 23.2 Å². The number of hydrogen-bond acceptors (Lipinski definition) is 2. The summed E-state index contributed by atoms with van der Waals surface area (Å²) in [5.41, 5.74) is 0.827. The fraction of sp³-hybridized carbons (Fsp3) is 0.267. The zero-order valence-electron chi connectivity index (χ0n) is 9.77. The molecule has 2 heteroatoms. The zero-order chi connectivity index (χ0) is 11.8. The van der Waals surface area contributed by atoms with Gasteiger partial charge in [-0.15, -0.1) is 0 Å². The normalized spacial score (nSPS) is 14.9. The van der Waals surface area contributed by atoms with Gasteiger partial charge in [0, 0.05) is 11.5 Å². The van der Waals surface area contributed by atoms with Crippen LogP contribution in [0.2, 0.25) is 0 Å². The van der Waals surface area contributed by atoms with Crippen molar-refractivity contribution in [1.82, 2.24) is 0 Å². The molecule has 0 spiro atoms. The van der Waals surface area contributed by atoms with Crippen LogP contribution in [0.15, 0.2) is 36.4 Å². The van der Waals surface area contributed by atoms with Gasteiger partial charge in [-0.1, -0.05) is 18.2 Å². The molecule has 2 nitrogen and oxygen atoms in total. The molecular formula is C15H14O2. The average molecular weight is 226 g/mol. The van der Waals surface area contributed by atoms with Gasteiger partial charge in [0.25, 0.3) is 0 Å². The van der Waals surface area contributed by atoms with E-state index < -0.39 is 0 Å². The first-order chi connectivity index (χ1) is 8.28. The van der Waals surface area contributed by atoms with Crippen LogP contribution in [0.25, 0.3) is 10.8 Å². The number of carbonyl (C=O) groups excluding carboxylic acids is 1. The van der Waals surface area contributed by atoms with Crippen LogP contribution < -0.4 is 4.74 Å². The van der Waals surface area contributed by atoms with Gasteiger partial charge in [-0.3, -0.25) is 4.79 Å². The zero-order valence-corrected chi connectivity index (χ0v) is 9.77. The lowest BCUT2D eigenvalue weighted by molar-refractivity contribution is 0.0968. The number of hydrogen-bond donors (Lipinski definition) is 0. The molecule has 0 N–H and O–H groups in total. The minimum Gasteiger partial charge on any atom is -0.497 e. The first-order valence-corrected chi connectivity index (χ1v) is 5.90. The van der Waals surface area contributed by atoms with Gasteiger partial charge in [0.1, 0.15) is 5.75 Å². The molecule has 1 aliphatic carbocycles. The lowest BCUT2D eigenvalue weighted by atomic mass is 10.0. The summed E-state index contributed by atoms with van der Waals surface area (Å²) in [5.74, 6) is 1.39. The maximum atomic E-state index is 12.0. The number of methoxy groups -OCH3 is 1. The van der Waals surface area contributed by atoms with Crippen molar-refractivity contribution in [3.63, 3.8) is 0 Å². The third-order valence-corrected chi connectivity index (χ3v) is 3.28. The Morgan fingerprint density at radius 1 is 1.12 bits per heavy atom. The quantitative estimate of drug-likeness (QED) is 0.749. The molecule has 1 aliphatic rings. The first kappa shape index (κ1) is 10.3. The minimum absolute atomic E-state index is 0.276. The van der Waals surface area contributed by atoms with Crippen molar-refractivity contribution in [2.45, 2.75) is 12.8 Å². The molecule has 2 aromatic rings. The van der Waals surface area contributed by atoms with Crippen LogP contribution in [0.3, 0.4) is 0 Å². The van der Waals surface area contributed by atoms with E-state index in [4.69, 9.17) is 4.74 Å². The third kappa shape index (κ3) is 1.91. The number of rotatable bonds is 3. The number of Topliss-reactive ketones (excluding diaryl/α,β-unsaturated/α-hetero) is 1. The van der Waals surface area contributed by atoms with Crippen LogP contribution in [-0.4, -0.2) is 12.9 Å². The molecule has 17 heavy (non-hydrogen) atoms. The molecule has 2 aromatic carbocycles. The summed E-state index contributed by atoms with van der Waals surface area (Å²) in [6, 6.07) is 11.8. The van der Waals surface area contributed by atoms with E-state index in [2.05, 4.69) is 0 Å². The molecule has 1 fully saturated rings. The molecule has 0 heterocycles. The van der Waals surface area contributed by atoms with E-state index in [-0.39, 0.29) is 11.7 Å². The highest BCUT2D eigenvalue weighted by Gasteiger charge is 2.30. The molecule has 0 amide bonds. The van der Waals surface area contributed by atoms with E-state index in [1.807, 2.05) is 36.4 Å². The van der Waals surface area contributed by atoms with E-state index in [1.165, 1.54) is 0 Å². The van der Waals surface area contributed by atoms with Gasteiger partial charge in [0.05, 0.1) is 7.11 Å². The second-order valence-electron chi connectivity index (χ2n) is 4.57. The summed E-state index contributed by atoms with van der Waals surface area (Å²) in [6.45, 7) is 0. The molecule has 0 aliphatic heterocycles. The van der Waals surface area contributed by atoms with Gasteiger partial charge in [-0.2, -0.15) is 0 Å². The third-order valence-electron chi connectivity index (χ3n) is 3.28. The highest BCUT2D eigenvalue weighted by Crippen LogP contribution is 2.33. The average Bonchev–Trinajstić information content (AvgIpc) is 3.20. The first-order valence-electron chi connectivity index (χ1n) is 5.90. The van der Waals surface area contributed by atoms with Crippen LogP contribution in [-0.2, 0) is 0 Å². The summed E-state index contributed by atoms with van der Waals surface area (Å²) in [5, 5.41) is 2.20. The topological polar surface area (TPSA) is 26.3 Å². The Morgan fingerprint density at radius 2 is 1.88 bits per heavy atom. The number of carbonyl (C=O) groups is 1. The predicted molar refractivity (Wildman–Crippen MR) is 67.6 cm³/mol. The number of fused-ring (bicyclic) bond motifs is 1. The van der Waals surface area contributed by atoms with Gasteiger partial charge >= 0.3 is 0 Å². The lowest BCUT2D eigenvalue weighted by Gasteiger charge is -2.04. The number of ketones is 1. The van der Waals surface area contributed by atoms with Crippen molar-refractivity contribution >= 4 is 16.6 Å². The van der Waals surface area contributed by atoms with Crippen molar-refractivity contribution < 1.29 is 9.53 Å². The fourth-order valence-electron chi connectivity index (χ4n) is 2.09. The molecule has 3 rings (SSSR count). The van der Waals surface area contributed by atoms with Gasteiger partial charge in [-0.05, 0) is 41.8 Å². The number of benzene rings is 2. The maximum absolute atomic E-state index is 12.0.